The molecule has 138 valence electrons. The van der Waals surface area contributed by atoms with Crippen LogP contribution in [0.5, 0.6) is 5.75 Å². The first-order valence-electron chi connectivity index (χ1n) is 8.34. The highest BCUT2D eigenvalue weighted by Crippen LogP contribution is 2.07. The minimum atomic E-state index is 0. The van der Waals surface area contributed by atoms with Crippen molar-refractivity contribution >= 4 is 29.9 Å². The summed E-state index contributed by atoms with van der Waals surface area (Å²) in [7, 11) is 3.96. The summed E-state index contributed by atoms with van der Waals surface area (Å²) in [6.07, 6.45) is 4.80. The molecule has 0 amide bonds. The highest BCUT2D eigenvalue weighted by Gasteiger charge is 2.06. The Labute approximate surface area is 167 Å². The quantitative estimate of drug-likeness (QED) is 0.376. The molecule has 6 nitrogen and oxygen atoms in total. The average molecular weight is 457 g/mol. The van der Waals surface area contributed by atoms with Crippen LogP contribution in [-0.4, -0.2) is 53.9 Å². The van der Waals surface area contributed by atoms with Crippen molar-refractivity contribution in [1.29, 1.82) is 0 Å². The summed E-state index contributed by atoms with van der Waals surface area (Å²) < 4.78 is 7.56. The third kappa shape index (κ3) is 7.76. The third-order valence-electron chi connectivity index (χ3n) is 3.56. The van der Waals surface area contributed by atoms with Crippen molar-refractivity contribution in [3.63, 3.8) is 0 Å². The monoisotopic (exact) mass is 457 g/mol. The number of nitrogens with one attached hydrogen (secondary N) is 1. The van der Waals surface area contributed by atoms with E-state index < -0.39 is 0 Å². The van der Waals surface area contributed by atoms with Gasteiger partial charge in [-0.25, -0.2) is 0 Å². The first kappa shape index (κ1) is 21.3. The van der Waals surface area contributed by atoms with Crippen LogP contribution >= 0.6 is 24.0 Å². The summed E-state index contributed by atoms with van der Waals surface area (Å²) in [5, 5.41) is 7.50. The first-order valence-corrected chi connectivity index (χ1v) is 8.34. The van der Waals surface area contributed by atoms with Crippen LogP contribution in [0, 0.1) is 0 Å². The average Bonchev–Trinajstić information content (AvgIpc) is 3.00. The lowest BCUT2D eigenvalue weighted by atomic mass is 10.3. The number of rotatable bonds is 8. The Bertz CT molecular complexity index is 629. The van der Waals surface area contributed by atoms with Crippen LogP contribution in [0.25, 0.3) is 0 Å². The molecule has 25 heavy (non-hydrogen) atoms. The smallest absolute Gasteiger partial charge is 0.193 e. The number of ether oxygens (including phenoxy) is 1. The molecule has 0 saturated heterocycles. The highest BCUT2D eigenvalue weighted by atomic mass is 127. The number of aliphatic imine (C=N–C) groups is 1. The molecule has 0 aliphatic rings. The maximum absolute atomic E-state index is 5.75. The highest BCUT2D eigenvalue weighted by molar-refractivity contribution is 14.0. The second kappa shape index (κ2) is 11.7. The molecule has 1 aromatic carbocycles. The maximum atomic E-state index is 5.75. The molecule has 0 unspecified atom stereocenters. The van der Waals surface area contributed by atoms with Crippen molar-refractivity contribution in [2.24, 2.45) is 12.0 Å². The van der Waals surface area contributed by atoms with Crippen LogP contribution in [0.1, 0.15) is 12.5 Å². The van der Waals surface area contributed by atoms with Gasteiger partial charge in [0.2, 0.25) is 0 Å². The van der Waals surface area contributed by atoms with Crippen molar-refractivity contribution in [3.8, 4) is 5.75 Å². The van der Waals surface area contributed by atoms with Crippen LogP contribution in [0.15, 0.2) is 47.7 Å². The second-order valence-corrected chi connectivity index (χ2v) is 5.59. The number of nitrogens with zero attached hydrogens (tertiary/aromatic N) is 4. The molecule has 0 aliphatic heterocycles. The molecular weight excluding hydrogens is 429 g/mol. The Morgan fingerprint density at radius 2 is 2.08 bits per heavy atom. The largest absolute Gasteiger partial charge is 0.492 e. The lowest BCUT2D eigenvalue weighted by Gasteiger charge is -2.22. The number of likely N-dealkylation sites (N-methyl/N-ethyl adjacent to an activating group) is 1. The van der Waals surface area contributed by atoms with Gasteiger partial charge in [0.15, 0.2) is 5.96 Å². The van der Waals surface area contributed by atoms with Crippen molar-refractivity contribution in [1.82, 2.24) is 20.0 Å². The molecule has 0 fully saturated rings. The van der Waals surface area contributed by atoms with Crippen molar-refractivity contribution in [2.45, 2.75) is 13.3 Å². The van der Waals surface area contributed by atoms with E-state index in [4.69, 9.17) is 4.74 Å². The molecule has 0 spiro atoms. The third-order valence-corrected chi connectivity index (χ3v) is 3.56. The molecule has 1 aromatic heterocycles. The van der Waals surface area contributed by atoms with Gasteiger partial charge in [-0.05, 0) is 31.0 Å². The van der Waals surface area contributed by atoms with E-state index in [-0.39, 0.29) is 24.0 Å². The van der Waals surface area contributed by atoms with Gasteiger partial charge in [-0.1, -0.05) is 18.2 Å². The topological polar surface area (TPSA) is 54.7 Å². The Morgan fingerprint density at radius 3 is 2.72 bits per heavy atom. The van der Waals surface area contributed by atoms with Crippen LogP contribution in [-0.2, 0) is 13.5 Å². The summed E-state index contributed by atoms with van der Waals surface area (Å²) in [5.74, 6) is 1.79. The van der Waals surface area contributed by atoms with Gasteiger partial charge in [-0.15, -0.1) is 24.0 Å². The minimum Gasteiger partial charge on any atom is -0.492 e. The molecule has 2 aromatic rings. The fourth-order valence-electron chi connectivity index (χ4n) is 2.28. The van der Waals surface area contributed by atoms with E-state index in [0.29, 0.717) is 6.61 Å². The van der Waals surface area contributed by atoms with E-state index in [1.54, 1.807) is 0 Å². The van der Waals surface area contributed by atoms with E-state index in [1.165, 1.54) is 5.56 Å². The number of aryl methyl sites for hydroxylation is 1. The molecular formula is C18H28IN5O. The zero-order chi connectivity index (χ0) is 17.2. The van der Waals surface area contributed by atoms with Gasteiger partial charge in [0.1, 0.15) is 12.4 Å². The Hall–Kier alpha value is -1.77. The van der Waals surface area contributed by atoms with Gasteiger partial charge < -0.3 is 15.0 Å². The van der Waals surface area contributed by atoms with Crippen LogP contribution in [0.4, 0.5) is 0 Å². The molecule has 1 N–H and O–H groups in total. The van der Waals surface area contributed by atoms with Crippen LogP contribution in [0.3, 0.4) is 0 Å². The summed E-state index contributed by atoms with van der Waals surface area (Å²) in [6.45, 7) is 5.04. The number of benzene rings is 1. The Kier molecular flexibility index (Phi) is 9.98. The fourth-order valence-corrected chi connectivity index (χ4v) is 2.28. The fraction of sp³-hybridized carbons (Fsp3) is 0.444. The molecule has 0 radical (unpaired) electrons. The number of aromatic nitrogens is 2. The summed E-state index contributed by atoms with van der Waals surface area (Å²) in [6, 6.07) is 9.86. The van der Waals surface area contributed by atoms with Gasteiger partial charge in [-0.2, -0.15) is 5.10 Å². The van der Waals surface area contributed by atoms with Gasteiger partial charge in [0.25, 0.3) is 0 Å². The molecule has 0 saturated carbocycles. The number of para-hydroxylation sites is 1. The Balaban J connectivity index is 0.00000312. The summed E-state index contributed by atoms with van der Waals surface area (Å²) in [4.78, 5) is 6.78. The van der Waals surface area contributed by atoms with Gasteiger partial charge in [0, 0.05) is 33.4 Å². The zero-order valence-electron chi connectivity index (χ0n) is 15.2. The number of guanidine groups is 1. The number of hydrogen-bond acceptors (Lipinski definition) is 3. The summed E-state index contributed by atoms with van der Waals surface area (Å²) in [5.41, 5.74) is 1.20. The zero-order valence-corrected chi connectivity index (χ0v) is 17.5. The van der Waals surface area contributed by atoms with E-state index in [2.05, 4.69) is 27.2 Å². The second-order valence-electron chi connectivity index (χ2n) is 5.59. The molecule has 0 aliphatic carbocycles. The number of hydrogen-bond donors (Lipinski definition) is 1. The van der Waals surface area contributed by atoms with Crippen molar-refractivity contribution in [3.05, 3.63) is 48.3 Å². The predicted molar refractivity (Wildman–Crippen MR) is 113 cm³/mol. The molecule has 1 heterocycles. The van der Waals surface area contributed by atoms with Gasteiger partial charge in [-0.3, -0.25) is 9.67 Å². The number of halogens is 1. The van der Waals surface area contributed by atoms with E-state index in [1.807, 2.05) is 61.5 Å². The van der Waals surface area contributed by atoms with Crippen molar-refractivity contribution < 1.29 is 4.74 Å². The van der Waals surface area contributed by atoms with Crippen LogP contribution < -0.4 is 10.1 Å². The SMILES string of the molecule is CCNC(=NCCc1cnn(C)c1)N(C)CCOc1ccccc1.I. The lowest BCUT2D eigenvalue weighted by Crippen LogP contribution is -2.41. The first-order chi connectivity index (χ1) is 11.7. The molecule has 0 atom stereocenters. The molecule has 0 bridgehead atoms. The standard InChI is InChI=1S/C18H27N5O.HI/c1-4-19-18(20-11-10-16-14-21-23(3)15-16)22(2)12-13-24-17-8-6-5-7-9-17;/h5-9,14-15H,4,10-13H2,1-3H3,(H,19,20);1H. The van der Waals surface area contributed by atoms with Gasteiger partial charge >= 0.3 is 0 Å². The summed E-state index contributed by atoms with van der Waals surface area (Å²) >= 11 is 0. The molecule has 7 heteroatoms. The normalized spacial score (nSPS) is 10.9. The minimum absolute atomic E-state index is 0. The predicted octanol–water partition coefficient (Wildman–Crippen LogP) is 2.56. The Morgan fingerprint density at radius 1 is 1.32 bits per heavy atom. The van der Waals surface area contributed by atoms with Crippen LogP contribution in [0.2, 0.25) is 0 Å². The maximum Gasteiger partial charge on any atom is 0.193 e. The molecule has 2 rings (SSSR count). The van der Waals surface area contributed by atoms with Gasteiger partial charge in [0.05, 0.1) is 12.7 Å². The van der Waals surface area contributed by atoms with E-state index in [0.717, 1.165) is 37.8 Å². The van der Waals surface area contributed by atoms with Crippen molar-refractivity contribution in [2.75, 3.05) is 33.3 Å². The lowest BCUT2D eigenvalue weighted by molar-refractivity contribution is 0.281. The van der Waals surface area contributed by atoms with E-state index >= 15 is 0 Å². The van der Waals surface area contributed by atoms with E-state index in [9.17, 15) is 0 Å².